The lowest BCUT2D eigenvalue weighted by atomic mass is 10.1. The Morgan fingerprint density at radius 1 is 1.44 bits per heavy atom. The second-order valence-electron chi connectivity index (χ2n) is 4.03. The highest BCUT2D eigenvalue weighted by Gasteiger charge is 2.03. The molecule has 0 spiro atoms. The van der Waals surface area contributed by atoms with Crippen molar-refractivity contribution >= 4 is 17.4 Å². The lowest BCUT2D eigenvalue weighted by Gasteiger charge is -2.08. The summed E-state index contributed by atoms with van der Waals surface area (Å²) in [4.78, 5) is 8.34. The van der Waals surface area contributed by atoms with Crippen molar-refractivity contribution in [3.8, 4) is 0 Å². The van der Waals surface area contributed by atoms with Crippen LogP contribution in [0.1, 0.15) is 26.1 Å². The molecule has 0 aliphatic carbocycles. The molecule has 0 fully saturated rings. The fourth-order valence-electron chi connectivity index (χ4n) is 1.24. The number of hydrogen-bond acceptors (Lipinski definition) is 4. The van der Waals surface area contributed by atoms with Crippen LogP contribution >= 0.6 is 11.6 Å². The predicted octanol–water partition coefficient (Wildman–Crippen LogP) is 2.73. The van der Waals surface area contributed by atoms with Gasteiger partial charge < -0.3 is 10.1 Å². The monoisotopic (exact) mass is 243 g/mol. The van der Waals surface area contributed by atoms with Crippen LogP contribution in [0.2, 0.25) is 5.15 Å². The van der Waals surface area contributed by atoms with Gasteiger partial charge in [0, 0.05) is 19.7 Å². The van der Waals surface area contributed by atoms with Gasteiger partial charge in [0.25, 0.3) is 0 Å². The molecule has 0 aliphatic rings. The summed E-state index contributed by atoms with van der Waals surface area (Å²) in [5.41, 5.74) is 0. The molecule has 1 N–H and O–H groups in total. The third-order valence-electron chi connectivity index (χ3n) is 2.04. The van der Waals surface area contributed by atoms with Crippen LogP contribution in [0, 0.1) is 5.92 Å². The van der Waals surface area contributed by atoms with E-state index in [1.807, 2.05) is 0 Å². The molecule has 0 unspecified atom stereocenters. The van der Waals surface area contributed by atoms with Crippen molar-refractivity contribution in [2.24, 2.45) is 5.92 Å². The smallest absolute Gasteiger partial charge is 0.158 e. The van der Waals surface area contributed by atoms with Crippen LogP contribution in [-0.2, 0) is 11.3 Å². The van der Waals surface area contributed by atoms with Gasteiger partial charge in [0.1, 0.15) is 17.6 Å². The first kappa shape index (κ1) is 13.2. The molecule has 0 bridgehead atoms. The summed E-state index contributed by atoms with van der Waals surface area (Å²) in [6.45, 7) is 5.63. The number of hydrogen-bond donors (Lipinski definition) is 1. The predicted molar refractivity (Wildman–Crippen MR) is 65.7 cm³/mol. The number of rotatable bonds is 6. The van der Waals surface area contributed by atoms with Crippen molar-refractivity contribution in [2.45, 2.75) is 26.9 Å². The van der Waals surface area contributed by atoms with Gasteiger partial charge in [-0.3, -0.25) is 0 Å². The Labute approximate surface area is 101 Å². The lowest BCUT2D eigenvalue weighted by molar-refractivity contribution is 0.178. The second-order valence-corrected chi connectivity index (χ2v) is 4.42. The van der Waals surface area contributed by atoms with E-state index in [-0.39, 0.29) is 0 Å². The van der Waals surface area contributed by atoms with Crippen molar-refractivity contribution in [1.29, 1.82) is 0 Å². The van der Waals surface area contributed by atoms with E-state index >= 15 is 0 Å². The highest BCUT2D eigenvalue weighted by molar-refractivity contribution is 6.29. The summed E-state index contributed by atoms with van der Waals surface area (Å²) in [5.74, 6) is 2.03. The molecule has 1 rings (SSSR count). The molecule has 5 heteroatoms. The lowest BCUT2D eigenvalue weighted by Crippen LogP contribution is -2.08. The quantitative estimate of drug-likeness (QED) is 0.781. The molecule has 1 heterocycles. The van der Waals surface area contributed by atoms with E-state index < -0.39 is 0 Å². The van der Waals surface area contributed by atoms with E-state index in [2.05, 4.69) is 29.1 Å². The largest absolute Gasteiger partial charge is 0.377 e. The minimum atomic E-state index is 0.374. The van der Waals surface area contributed by atoms with E-state index in [0.717, 1.165) is 18.8 Å². The molecular formula is C11H18ClN3O. The fourth-order valence-corrected chi connectivity index (χ4v) is 1.44. The number of ether oxygens (including phenoxy) is 1. The summed E-state index contributed by atoms with van der Waals surface area (Å²) in [6, 6.07) is 1.72. The Kier molecular flexibility index (Phi) is 5.49. The van der Waals surface area contributed by atoms with Gasteiger partial charge in [-0.15, -0.1) is 0 Å². The first-order chi connectivity index (χ1) is 7.61. The van der Waals surface area contributed by atoms with Crippen molar-refractivity contribution in [3.63, 3.8) is 0 Å². The average Bonchev–Trinajstić information content (AvgIpc) is 2.16. The second kappa shape index (κ2) is 6.66. The molecule has 0 radical (unpaired) electrons. The van der Waals surface area contributed by atoms with Crippen molar-refractivity contribution in [3.05, 3.63) is 17.0 Å². The number of halogens is 1. The van der Waals surface area contributed by atoms with Gasteiger partial charge in [-0.25, -0.2) is 9.97 Å². The van der Waals surface area contributed by atoms with Crippen molar-refractivity contribution < 1.29 is 4.74 Å². The topological polar surface area (TPSA) is 47.0 Å². The maximum Gasteiger partial charge on any atom is 0.158 e. The van der Waals surface area contributed by atoms with E-state index in [9.17, 15) is 0 Å². The minimum Gasteiger partial charge on any atom is -0.377 e. The number of aromatic nitrogens is 2. The maximum absolute atomic E-state index is 5.88. The zero-order valence-electron chi connectivity index (χ0n) is 9.96. The van der Waals surface area contributed by atoms with Gasteiger partial charge >= 0.3 is 0 Å². The number of nitrogens with one attached hydrogen (secondary N) is 1. The normalized spacial score (nSPS) is 10.8. The van der Waals surface area contributed by atoms with Crippen LogP contribution < -0.4 is 5.32 Å². The third kappa shape index (κ3) is 4.77. The van der Waals surface area contributed by atoms with Crippen molar-refractivity contribution in [1.82, 2.24) is 9.97 Å². The van der Waals surface area contributed by atoms with Gasteiger partial charge in [0.2, 0.25) is 0 Å². The summed E-state index contributed by atoms with van der Waals surface area (Å²) in [6.07, 6.45) is 1.10. The summed E-state index contributed by atoms with van der Waals surface area (Å²) >= 11 is 5.88. The molecule has 0 aromatic carbocycles. The molecule has 0 saturated heterocycles. The SMILES string of the molecule is COCc1nc(Cl)cc(NCCC(C)C)n1. The molecule has 90 valence electrons. The standard InChI is InChI=1S/C11H18ClN3O/c1-8(2)4-5-13-10-6-9(12)14-11(15-10)7-16-3/h6,8H,4-5,7H2,1-3H3,(H,13,14,15). The van der Waals surface area contributed by atoms with E-state index in [4.69, 9.17) is 16.3 Å². The van der Waals surface area contributed by atoms with Crippen LogP contribution in [0.25, 0.3) is 0 Å². The van der Waals surface area contributed by atoms with E-state index in [1.165, 1.54) is 0 Å². The first-order valence-electron chi connectivity index (χ1n) is 5.38. The summed E-state index contributed by atoms with van der Waals surface area (Å²) in [7, 11) is 1.61. The van der Waals surface area contributed by atoms with Crippen LogP contribution in [0.3, 0.4) is 0 Å². The Morgan fingerprint density at radius 2 is 2.19 bits per heavy atom. The van der Waals surface area contributed by atoms with E-state index in [0.29, 0.717) is 23.5 Å². The minimum absolute atomic E-state index is 0.374. The molecule has 1 aromatic heterocycles. The van der Waals surface area contributed by atoms with Crippen LogP contribution in [0.4, 0.5) is 5.82 Å². The zero-order valence-corrected chi connectivity index (χ0v) is 10.7. The molecule has 0 amide bonds. The number of methoxy groups -OCH3 is 1. The highest BCUT2D eigenvalue weighted by atomic mass is 35.5. The van der Waals surface area contributed by atoms with Gasteiger partial charge in [-0.1, -0.05) is 25.4 Å². The summed E-state index contributed by atoms with van der Waals surface area (Å²) in [5, 5.41) is 3.66. The van der Waals surface area contributed by atoms with Crippen molar-refractivity contribution in [2.75, 3.05) is 19.0 Å². The Hall–Kier alpha value is -0.870. The first-order valence-corrected chi connectivity index (χ1v) is 5.76. The average molecular weight is 244 g/mol. The van der Waals surface area contributed by atoms with Gasteiger partial charge in [0.15, 0.2) is 5.82 Å². The van der Waals surface area contributed by atoms with Crippen LogP contribution in [-0.4, -0.2) is 23.6 Å². The molecular weight excluding hydrogens is 226 g/mol. The third-order valence-corrected chi connectivity index (χ3v) is 2.24. The molecule has 4 nitrogen and oxygen atoms in total. The maximum atomic E-state index is 5.88. The van der Waals surface area contributed by atoms with Gasteiger partial charge in [0.05, 0.1) is 0 Å². The van der Waals surface area contributed by atoms with Crippen LogP contribution in [0.5, 0.6) is 0 Å². The molecule has 0 aliphatic heterocycles. The Morgan fingerprint density at radius 3 is 2.81 bits per heavy atom. The number of anilines is 1. The summed E-state index contributed by atoms with van der Waals surface area (Å²) < 4.78 is 4.97. The van der Waals surface area contributed by atoms with Gasteiger partial charge in [-0.2, -0.15) is 0 Å². The number of nitrogens with zero attached hydrogens (tertiary/aromatic N) is 2. The molecule has 16 heavy (non-hydrogen) atoms. The van der Waals surface area contributed by atoms with Gasteiger partial charge in [-0.05, 0) is 12.3 Å². The zero-order chi connectivity index (χ0) is 12.0. The Balaban J connectivity index is 2.58. The molecule has 0 atom stereocenters. The Bertz CT molecular complexity index is 331. The molecule has 0 saturated carbocycles. The van der Waals surface area contributed by atoms with Crippen LogP contribution in [0.15, 0.2) is 6.07 Å². The van der Waals surface area contributed by atoms with E-state index in [1.54, 1.807) is 13.2 Å². The molecule has 1 aromatic rings. The highest BCUT2D eigenvalue weighted by Crippen LogP contribution is 2.12. The fraction of sp³-hybridized carbons (Fsp3) is 0.636.